The summed E-state index contributed by atoms with van der Waals surface area (Å²) in [5, 5.41) is 7.30. The zero-order chi connectivity index (χ0) is 14.5. The molecule has 2 nitrogen and oxygen atoms in total. The number of thiazole rings is 1. The lowest BCUT2D eigenvalue weighted by atomic mass is 9.71. The van der Waals surface area contributed by atoms with Crippen molar-refractivity contribution in [2.75, 3.05) is 6.54 Å². The molecule has 0 aliphatic heterocycles. The van der Waals surface area contributed by atoms with Gasteiger partial charge in [-0.3, -0.25) is 0 Å². The van der Waals surface area contributed by atoms with E-state index in [1.165, 1.54) is 62.8 Å². The second-order valence-electron chi connectivity index (χ2n) is 7.13. The number of hydrogen-bond acceptors (Lipinski definition) is 3. The molecule has 2 aliphatic carbocycles. The largest absolute Gasteiger partial charge is 0.313 e. The van der Waals surface area contributed by atoms with Crippen molar-refractivity contribution in [2.45, 2.75) is 76.7 Å². The van der Waals surface area contributed by atoms with Crippen molar-refractivity contribution in [2.24, 2.45) is 11.8 Å². The summed E-state index contributed by atoms with van der Waals surface area (Å²) in [6.45, 7) is 3.41. The minimum Gasteiger partial charge on any atom is -0.313 e. The van der Waals surface area contributed by atoms with Gasteiger partial charge in [0.15, 0.2) is 0 Å². The summed E-state index contributed by atoms with van der Waals surface area (Å²) in [7, 11) is 0. The third kappa shape index (κ3) is 4.07. The van der Waals surface area contributed by atoms with Gasteiger partial charge in [-0.2, -0.15) is 0 Å². The van der Waals surface area contributed by atoms with Crippen LogP contribution in [0.5, 0.6) is 0 Å². The number of nitrogens with one attached hydrogen (secondary N) is 1. The Hall–Kier alpha value is -0.410. The first kappa shape index (κ1) is 15.5. The van der Waals surface area contributed by atoms with Crippen LogP contribution in [0.4, 0.5) is 0 Å². The number of rotatable bonds is 5. The minimum atomic E-state index is 0.555. The Morgan fingerprint density at radius 1 is 1.14 bits per heavy atom. The maximum absolute atomic E-state index is 4.47. The number of hydrogen-bond donors (Lipinski definition) is 1. The van der Waals surface area contributed by atoms with E-state index in [0.717, 1.165) is 24.4 Å². The lowest BCUT2D eigenvalue weighted by Crippen LogP contribution is -2.43. The molecule has 0 bridgehead atoms. The maximum Gasteiger partial charge on any atom is 0.0965 e. The van der Waals surface area contributed by atoms with Crippen LogP contribution in [-0.2, 0) is 0 Å². The van der Waals surface area contributed by atoms with Gasteiger partial charge in [-0.1, -0.05) is 51.9 Å². The fraction of sp³-hybridized carbons (Fsp3) is 0.833. The lowest BCUT2D eigenvalue weighted by molar-refractivity contribution is 0.149. The van der Waals surface area contributed by atoms with Crippen LogP contribution < -0.4 is 5.32 Å². The molecule has 2 aliphatic rings. The maximum atomic E-state index is 4.47. The Morgan fingerprint density at radius 2 is 1.90 bits per heavy atom. The molecule has 118 valence electrons. The van der Waals surface area contributed by atoms with E-state index in [1.807, 2.05) is 6.20 Å². The van der Waals surface area contributed by atoms with Crippen molar-refractivity contribution in [1.29, 1.82) is 0 Å². The van der Waals surface area contributed by atoms with E-state index in [1.54, 1.807) is 11.3 Å². The van der Waals surface area contributed by atoms with Gasteiger partial charge in [0.1, 0.15) is 0 Å². The summed E-state index contributed by atoms with van der Waals surface area (Å²) >= 11 is 1.80. The highest BCUT2D eigenvalue weighted by Gasteiger charge is 2.32. The molecule has 3 atom stereocenters. The van der Waals surface area contributed by atoms with E-state index in [0.29, 0.717) is 5.92 Å². The molecule has 3 unspecified atom stereocenters. The van der Waals surface area contributed by atoms with Crippen molar-refractivity contribution >= 4 is 11.3 Å². The van der Waals surface area contributed by atoms with Crippen LogP contribution in [-0.4, -0.2) is 17.6 Å². The van der Waals surface area contributed by atoms with Crippen molar-refractivity contribution in [1.82, 2.24) is 10.3 Å². The van der Waals surface area contributed by atoms with Crippen molar-refractivity contribution in [3.05, 3.63) is 16.6 Å². The smallest absolute Gasteiger partial charge is 0.0965 e. The highest BCUT2D eigenvalue weighted by Crippen LogP contribution is 2.38. The Morgan fingerprint density at radius 3 is 2.67 bits per heavy atom. The summed E-state index contributed by atoms with van der Waals surface area (Å²) in [6, 6.07) is 0.768. The van der Waals surface area contributed by atoms with Gasteiger partial charge in [-0.25, -0.2) is 4.98 Å². The standard InChI is InChI=1S/C18H30N2S/c1-14(18-19-11-12-21-18)13-20-17-10-6-5-9-16(17)15-7-3-2-4-8-15/h11-12,14-17,20H,2-10,13H2,1H3. The van der Waals surface area contributed by atoms with Crippen LogP contribution in [0.1, 0.15) is 75.6 Å². The summed E-state index contributed by atoms with van der Waals surface area (Å²) in [5.41, 5.74) is 0. The summed E-state index contributed by atoms with van der Waals surface area (Å²) in [5.74, 6) is 2.51. The van der Waals surface area contributed by atoms with Gasteiger partial charge in [-0.05, 0) is 24.7 Å². The van der Waals surface area contributed by atoms with Crippen molar-refractivity contribution in [3.63, 3.8) is 0 Å². The minimum absolute atomic E-state index is 0.555. The fourth-order valence-electron chi connectivity index (χ4n) is 4.43. The second-order valence-corrected chi connectivity index (χ2v) is 8.06. The summed E-state index contributed by atoms with van der Waals surface area (Å²) < 4.78 is 0. The first-order chi connectivity index (χ1) is 10.3. The molecule has 1 N–H and O–H groups in total. The highest BCUT2D eigenvalue weighted by molar-refractivity contribution is 7.09. The predicted molar refractivity (Wildman–Crippen MR) is 90.9 cm³/mol. The van der Waals surface area contributed by atoms with Gasteiger partial charge < -0.3 is 5.32 Å². The predicted octanol–water partition coefficient (Wildman–Crippen LogP) is 4.98. The second kappa shape index (κ2) is 7.73. The van der Waals surface area contributed by atoms with E-state index >= 15 is 0 Å². The molecule has 3 heteroatoms. The summed E-state index contributed by atoms with van der Waals surface area (Å²) in [6.07, 6.45) is 15.1. The van der Waals surface area contributed by atoms with E-state index < -0.39 is 0 Å². The van der Waals surface area contributed by atoms with E-state index in [4.69, 9.17) is 0 Å². The first-order valence-electron chi connectivity index (χ1n) is 8.97. The highest BCUT2D eigenvalue weighted by atomic mass is 32.1. The van der Waals surface area contributed by atoms with Gasteiger partial charge in [0.25, 0.3) is 0 Å². The Kier molecular flexibility index (Phi) is 5.70. The Labute approximate surface area is 133 Å². The molecule has 1 aromatic heterocycles. The molecule has 0 amide bonds. The van der Waals surface area contributed by atoms with Crippen LogP contribution in [0, 0.1) is 11.8 Å². The zero-order valence-corrected chi connectivity index (χ0v) is 14.2. The molecular formula is C18H30N2S. The molecule has 1 heterocycles. The molecule has 0 saturated heterocycles. The lowest BCUT2D eigenvalue weighted by Gasteiger charge is -2.40. The molecule has 0 spiro atoms. The van der Waals surface area contributed by atoms with Gasteiger partial charge in [-0.15, -0.1) is 11.3 Å². The zero-order valence-electron chi connectivity index (χ0n) is 13.4. The molecule has 0 aromatic carbocycles. The third-order valence-corrected chi connectivity index (χ3v) is 6.64. The van der Waals surface area contributed by atoms with E-state index in [2.05, 4.69) is 22.6 Å². The van der Waals surface area contributed by atoms with Crippen LogP contribution in [0.3, 0.4) is 0 Å². The van der Waals surface area contributed by atoms with Crippen LogP contribution in [0.2, 0.25) is 0 Å². The van der Waals surface area contributed by atoms with Gasteiger partial charge in [0.2, 0.25) is 0 Å². The normalized spacial score (nSPS) is 29.4. The van der Waals surface area contributed by atoms with E-state index in [9.17, 15) is 0 Å². The van der Waals surface area contributed by atoms with Crippen molar-refractivity contribution in [3.8, 4) is 0 Å². The Balaban J connectivity index is 1.54. The van der Waals surface area contributed by atoms with Crippen molar-refractivity contribution < 1.29 is 0 Å². The van der Waals surface area contributed by atoms with Crippen LogP contribution in [0.25, 0.3) is 0 Å². The van der Waals surface area contributed by atoms with Gasteiger partial charge >= 0.3 is 0 Å². The third-order valence-electron chi connectivity index (χ3n) is 5.63. The molecule has 21 heavy (non-hydrogen) atoms. The molecule has 1 aromatic rings. The van der Waals surface area contributed by atoms with Crippen LogP contribution >= 0.6 is 11.3 Å². The fourth-order valence-corrected chi connectivity index (χ4v) is 5.13. The van der Waals surface area contributed by atoms with E-state index in [-0.39, 0.29) is 0 Å². The number of nitrogens with zero attached hydrogens (tertiary/aromatic N) is 1. The average Bonchev–Trinajstić information content (AvgIpc) is 3.08. The monoisotopic (exact) mass is 306 g/mol. The molecule has 0 radical (unpaired) electrons. The Bertz CT molecular complexity index is 397. The molecule has 2 saturated carbocycles. The van der Waals surface area contributed by atoms with Gasteiger partial charge in [0.05, 0.1) is 5.01 Å². The van der Waals surface area contributed by atoms with Crippen LogP contribution in [0.15, 0.2) is 11.6 Å². The number of aromatic nitrogens is 1. The topological polar surface area (TPSA) is 24.9 Å². The molecule has 2 fully saturated rings. The first-order valence-corrected chi connectivity index (χ1v) is 9.85. The van der Waals surface area contributed by atoms with Gasteiger partial charge in [0, 0.05) is 30.1 Å². The SMILES string of the molecule is CC(CNC1CCCCC1C1CCCCC1)c1nccs1. The average molecular weight is 307 g/mol. The molecular weight excluding hydrogens is 276 g/mol. The quantitative estimate of drug-likeness (QED) is 0.830. The summed E-state index contributed by atoms with van der Waals surface area (Å²) in [4.78, 5) is 4.47. The molecule has 3 rings (SSSR count).